The molecule has 1 aromatic heterocycles. The first-order valence-corrected chi connectivity index (χ1v) is 10.8. The van der Waals surface area contributed by atoms with Gasteiger partial charge >= 0.3 is 11.5 Å². The molecule has 170 valence electrons. The van der Waals surface area contributed by atoms with Crippen molar-refractivity contribution in [2.45, 2.75) is 0 Å². The first kappa shape index (κ1) is 24.0. The van der Waals surface area contributed by atoms with Crippen LogP contribution in [0.2, 0.25) is 0 Å². The Hall–Kier alpha value is -3.66. The lowest BCUT2D eigenvalue weighted by molar-refractivity contribution is -2.00. The molecular formula is C24H21ClN2O6. The van der Waals surface area contributed by atoms with Crippen molar-refractivity contribution in [3.8, 4) is 39.5 Å². The van der Waals surface area contributed by atoms with Crippen LogP contribution in [0, 0.1) is 10.2 Å². The average molecular weight is 469 g/mol. The van der Waals surface area contributed by atoms with Crippen molar-refractivity contribution < 1.29 is 38.0 Å². The molecule has 4 aromatic rings. The van der Waals surface area contributed by atoms with E-state index in [0.717, 1.165) is 39.5 Å². The summed E-state index contributed by atoms with van der Waals surface area (Å²) in [5.41, 5.74) is 17.1. The van der Waals surface area contributed by atoms with Gasteiger partial charge in [-0.15, -0.1) is 10.2 Å². The minimum atomic E-state index is -4.94. The highest BCUT2D eigenvalue weighted by Gasteiger charge is 2.20. The largest absolute Gasteiger partial charge is 0.497 e. The molecule has 4 rings (SSSR count). The van der Waals surface area contributed by atoms with Gasteiger partial charge in [-0.2, -0.15) is 0 Å². The van der Waals surface area contributed by atoms with E-state index in [1.165, 1.54) is 0 Å². The monoisotopic (exact) mass is 468 g/mol. The third-order valence-corrected chi connectivity index (χ3v) is 4.61. The summed E-state index contributed by atoms with van der Waals surface area (Å²) in [5.74, 6) is 2.35. The molecule has 0 bridgehead atoms. The van der Waals surface area contributed by atoms with Gasteiger partial charge in [0.05, 0.1) is 30.4 Å². The van der Waals surface area contributed by atoms with E-state index in [4.69, 9.17) is 39.3 Å². The quantitative estimate of drug-likeness (QED) is 0.330. The van der Waals surface area contributed by atoms with E-state index in [9.17, 15) is 0 Å². The van der Waals surface area contributed by atoms with E-state index < -0.39 is 10.2 Å². The van der Waals surface area contributed by atoms with E-state index in [1.807, 2.05) is 84.9 Å². The summed E-state index contributed by atoms with van der Waals surface area (Å²) in [6.45, 7) is 0. The standard InChI is InChI=1S/C24H21N2O2.ClHO4/c1-27-22-12-6-16(7-13-22)19-14-23(17-2-8-20(25)9-3-17)28-24(15-19)18-4-10-21(26)11-5-18;2-1(3,4)5/h2-15H,25-26H2,1H3;(H,2,3,4,5)/q+1;/p-1. The lowest BCUT2D eigenvalue weighted by Gasteiger charge is -2.17. The maximum atomic E-state index is 8.49. The van der Waals surface area contributed by atoms with Gasteiger partial charge in [0.1, 0.15) is 5.75 Å². The molecule has 1 heterocycles. The number of halogens is 1. The smallest absolute Gasteiger partial charge is 0.361 e. The van der Waals surface area contributed by atoms with Crippen LogP contribution in [-0.2, 0) is 0 Å². The number of nitrogen functional groups attached to an aromatic ring is 2. The Morgan fingerprint density at radius 1 is 0.606 bits per heavy atom. The second kappa shape index (κ2) is 10.3. The maximum Gasteiger partial charge on any atom is 0.361 e. The van der Waals surface area contributed by atoms with Crippen LogP contribution in [0.25, 0.3) is 33.8 Å². The van der Waals surface area contributed by atoms with Crippen LogP contribution in [0.4, 0.5) is 11.4 Å². The predicted molar refractivity (Wildman–Crippen MR) is 115 cm³/mol. The van der Waals surface area contributed by atoms with E-state index in [2.05, 4.69) is 0 Å². The molecule has 0 unspecified atom stereocenters. The minimum absolute atomic E-state index is 0.716. The van der Waals surface area contributed by atoms with Crippen molar-refractivity contribution in [2.24, 2.45) is 0 Å². The molecule has 0 aliphatic carbocycles. The van der Waals surface area contributed by atoms with Crippen LogP contribution < -0.4 is 34.8 Å². The lowest BCUT2D eigenvalue weighted by atomic mass is 10.0. The molecule has 0 aliphatic rings. The molecule has 33 heavy (non-hydrogen) atoms. The number of methoxy groups -OCH3 is 1. The van der Waals surface area contributed by atoms with E-state index in [1.54, 1.807) is 7.11 Å². The van der Waals surface area contributed by atoms with Crippen LogP contribution >= 0.6 is 0 Å². The van der Waals surface area contributed by atoms with Crippen molar-refractivity contribution in [1.29, 1.82) is 0 Å². The second-order valence-electron chi connectivity index (χ2n) is 6.93. The Kier molecular flexibility index (Phi) is 7.49. The zero-order chi connectivity index (χ0) is 24.0. The van der Waals surface area contributed by atoms with Gasteiger partial charge in [-0.3, -0.25) is 0 Å². The Morgan fingerprint density at radius 2 is 0.970 bits per heavy atom. The average Bonchev–Trinajstić information content (AvgIpc) is 2.79. The SMILES string of the molecule is COc1ccc(-c2cc(-c3ccc(N)cc3)[o+]c(-c3ccc(N)cc3)c2)cc1.[O-][Cl+3]([O-])([O-])[O-]. The molecule has 8 nitrogen and oxygen atoms in total. The Labute approximate surface area is 192 Å². The summed E-state index contributed by atoms with van der Waals surface area (Å²) in [6.07, 6.45) is 0. The Bertz CT molecular complexity index is 1120. The number of benzene rings is 3. The molecule has 0 aliphatic heterocycles. The van der Waals surface area contributed by atoms with Gasteiger partial charge in [0.25, 0.3) is 0 Å². The maximum absolute atomic E-state index is 8.49. The number of nitrogens with two attached hydrogens (primary N) is 2. The third kappa shape index (κ3) is 7.18. The first-order chi connectivity index (χ1) is 15.6. The minimum Gasteiger partial charge on any atom is -0.497 e. The van der Waals surface area contributed by atoms with Crippen LogP contribution in [0.3, 0.4) is 0 Å². The van der Waals surface area contributed by atoms with E-state index in [-0.39, 0.29) is 0 Å². The van der Waals surface area contributed by atoms with Crippen LogP contribution in [0.15, 0.2) is 89.3 Å². The summed E-state index contributed by atoms with van der Waals surface area (Å²) in [6, 6.07) is 27.3. The fourth-order valence-corrected chi connectivity index (χ4v) is 3.03. The summed E-state index contributed by atoms with van der Waals surface area (Å²) in [7, 11) is -3.28. The summed E-state index contributed by atoms with van der Waals surface area (Å²) >= 11 is 0. The van der Waals surface area contributed by atoms with Gasteiger partial charge in [0.2, 0.25) is 0 Å². The zero-order valence-corrected chi connectivity index (χ0v) is 18.3. The molecule has 9 heteroatoms. The highest BCUT2D eigenvalue weighted by Crippen LogP contribution is 2.34. The summed E-state index contributed by atoms with van der Waals surface area (Å²) in [4.78, 5) is 0. The molecule has 0 amide bonds. The molecule has 4 N–H and O–H groups in total. The summed E-state index contributed by atoms with van der Waals surface area (Å²) < 4.78 is 45.5. The normalized spacial score (nSPS) is 10.8. The van der Waals surface area contributed by atoms with Crippen molar-refractivity contribution in [2.75, 3.05) is 18.6 Å². The van der Waals surface area contributed by atoms with E-state index >= 15 is 0 Å². The number of rotatable bonds is 4. The highest BCUT2D eigenvalue weighted by molar-refractivity contribution is 5.75. The Morgan fingerprint density at radius 3 is 1.33 bits per heavy atom. The third-order valence-electron chi connectivity index (χ3n) is 4.61. The Balaban J connectivity index is 0.000000555. The second-order valence-corrected chi connectivity index (χ2v) is 7.68. The van der Waals surface area contributed by atoms with Crippen LogP contribution in [-0.4, -0.2) is 7.11 Å². The number of anilines is 2. The summed E-state index contributed by atoms with van der Waals surface area (Å²) in [5, 5.41) is 0. The van der Waals surface area contributed by atoms with Gasteiger partial charge in [0.15, 0.2) is 0 Å². The van der Waals surface area contributed by atoms with Crippen molar-refractivity contribution in [3.05, 3.63) is 84.9 Å². The molecule has 3 aromatic carbocycles. The molecule has 0 saturated carbocycles. The fraction of sp³-hybridized carbons (Fsp3) is 0.0417. The fourth-order valence-electron chi connectivity index (χ4n) is 3.03. The number of hydrogen-bond donors (Lipinski definition) is 2. The van der Waals surface area contributed by atoms with Gasteiger partial charge in [0, 0.05) is 16.9 Å². The molecular weight excluding hydrogens is 448 g/mol. The van der Waals surface area contributed by atoms with Gasteiger partial charge in [-0.25, -0.2) is 23.1 Å². The molecule has 0 atom stereocenters. The number of ether oxygens (including phenoxy) is 1. The van der Waals surface area contributed by atoms with Gasteiger partial charge in [-0.05, 0) is 66.2 Å². The highest BCUT2D eigenvalue weighted by atomic mass is 35.7. The predicted octanol–water partition coefficient (Wildman–Crippen LogP) is 0.979. The molecule has 0 spiro atoms. The van der Waals surface area contributed by atoms with Crippen molar-refractivity contribution in [3.63, 3.8) is 0 Å². The van der Waals surface area contributed by atoms with Crippen molar-refractivity contribution in [1.82, 2.24) is 0 Å². The first-order valence-electron chi connectivity index (χ1n) is 9.58. The molecule has 0 saturated heterocycles. The van der Waals surface area contributed by atoms with E-state index in [0.29, 0.717) is 11.4 Å². The van der Waals surface area contributed by atoms with Gasteiger partial charge < -0.3 is 16.2 Å². The zero-order valence-electron chi connectivity index (χ0n) is 17.6. The topological polar surface area (TPSA) is 165 Å². The van der Waals surface area contributed by atoms with Gasteiger partial charge in [-0.1, -0.05) is 12.1 Å². The molecule has 0 radical (unpaired) electrons. The number of hydrogen-bond acceptors (Lipinski definition) is 7. The molecule has 0 fully saturated rings. The van der Waals surface area contributed by atoms with Crippen molar-refractivity contribution >= 4 is 11.4 Å². The van der Waals surface area contributed by atoms with Crippen LogP contribution in [0.1, 0.15) is 0 Å². The lowest BCUT2D eigenvalue weighted by Crippen LogP contribution is -2.68. The van der Waals surface area contributed by atoms with Crippen LogP contribution in [0.5, 0.6) is 5.75 Å².